The molecular formula is C34H32N4OS. The van der Waals surface area contributed by atoms with E-state index in [1.54, 1.807) is 0 Å². The summed E-state index contributed by atoms with van der Waals surface area (Å²) in [5, 5.41) is 4.28. The van der Waals surface area contributed by atoms with Gasteiger partial charge in [0.05, 0.1) is 17.8 Å². The van der Waals surface area contributed by atoms with Gasteiger partial charge in [0.25, 0.3) is 0 Å². The minimum atomic E-state index is -0.111. The van der Waals surface area contributed by atoms with E-state index < -0.39 is 0 Å². The van der Waals surface area contributed by atoms with Crippen molar-refractivity contribution in [1.29, 1.82) is 0 Å². The zero-order chi connectivity index (χ0) is 27.8. The Morgan fingerprint density at radius 1 is 0.725 bits per heavy atom. The SMILES string of the molecule is Cc1ccc(Oc2ccc(N3C(=S)N[C@H](c4ccccn4)[C@@H]3c3c(C)c(C)n(-c4ccccc4)c3C)cc2)cc1. The molecule has 1 fully saturated rings. The molecule has 40 heavy (non-hydrogen) atoms. The molecule has 5 nitrogen and oxygen atoms in total. The van der Waals surface area contributed by atoms with Crippen LogP contribution in [-0.4, -0.2) is 14.7 Å². The third kappa shape index (κ3) is 4.65. The van der Waals surface area contributed by atoms with Crippen LogP contribution in [0.3, 0.4) is 0 Å². The number of nitrogens with zero attached hydrogens (tertiary/aromatic N) is 3. The summed E-state index contributed by atoms with van der Waals surface area (Å²) in [6, 6.07) is 32.6. The van der Waals surface area contributed by atoms with Gasteiger partial charge in [-0.05, 0) is 106 Å². The summed E-state index contributed by atoms with van der Waals surface area (Å²) in [6.45, 7) is 8.68. The molecule has 0 saturated carbocycles. The average molecular weight is 545 g/mol. The molecule has 6 heteroatoms. The number of hydrogen-bond acceptors (Lipinski definition) is 3. The second kappa shape index (κ2) is 10.6. The van der Waals surface area contributed by atoms with Crippen molar-refractivity contribution in [3.05, 3.63) is 137 Å². The Morgan fingerprint density at radius 2 is 1.38 bits per heavy atom. The van der Waals surface area contributed by atoms with Crippen LogP contribution < -0.4 is 15.0 Å². The minimum absolute atomic E-state index is 0.0880. The molecule has 0 radical (unpaired) electrons. The van der Waals surface area contributed by atoms with Crippen LogP contribution in [0.15, 0.2) is 103 Å². The van der Waals surface area contributed by atoms with Gasteiger partial charge in [0.15, 0.2) is 5.11 Å². The van der Waals surface area contributed by atoms with E-state index in [2.05, 4.69) is 103 Å². The maximum absolute atomic E-state index is 6.11. The van der Waals surface area contributed by atoms with Gasteiger partial charge in [0.2, 0.25) is 0 Å². The molecule has 1 saturated heterocycles. The van der Waals surface area contributed by atoms with E-state index in [1.807, 2.05) is 42.6 Å². The number of nitrogens with one attached hydrogen (secondary N) is 1. The first kappa shape index (κ1) is 25.8. The molecule has 1 N–H and O–H groups in total. The predicted octanol–water partition coefficient (Wildman–Crippen LogP) is 8.08. The van der Waals surface area contributed by atoms with Crippen molar-refractivity contribution in [2.45, 2.75) is 39.8 Å². The van der Waals surface area contributed by atoms with Crippen molar-refractivity contribution < 1.29 is 4.74 Å². The van der Waals surface area contributed by atoms with E-state index in [1.165, 1.54) is 28.1 Å². The molecule has 0 bridgehead atoms. The van der Waals surface area contributed by atoms with Crippen LogP contribution in [0.25, 0.3) is 5.69 Å². The van der Waals surface area contributed by atoms with E-state index >= 15 is 0 Å². The van der Waals surface area contributed by atoms with Crippen LogP contribution in [0, 0.1) is 27.7 Å². The van der Waals surface area contributed by atoms with Gasteiger partial charge in [-0.1, -0.05) is 42.0 Å². The Balaban J connectivity index is 1.43. The summed E-state index contributed by atoms with van der Waals surface area (Å²) in [7, 11) is 0. The quantitative estimate of drug-likeness (QED) is 0.219. The number of pyridine rings is 1. The van der Waals surface area contributed by atoms with Crippen molar-refractivity contribution in [3.63, 3.8) is 0 Å². The first-order valence-electron chi connectivity index (χ1n) is 13.5. The molecule has 3 aromatic carbocycles. The normalized spacial score (nSPS) is 16.7. The topological polar surface area (TPSA) is 42.3 Å². The number of ether oxygens (including phenoxy) is 1. The van der Waals surface area contributed by atoms with Gasteiger partial charge in [-0.2, -0.15) is 0 Å². The van der Waals surface area contributed by atoms with E-state index in [0.717, 1.165) is 28.6 Å². The lowest BCUT2D eigenvalue weighted by Gasteiger charge is -2.29. The van der Waals surface area contributed by atoms with Crippen molar-refractivity contribution in [2.24, 2.45) is 0 Å². The summed E-state index contributed by atoms with van der Waals surface area (Å²) in [6.07, 6.45) is 1.84. The first-order valence-corrected chi connectivity index (χ1v) is 13.9. The fourth-order valence-electron chi connectivity index (χ4n) is 5.75. The molecule has 0 spiro atoms. The zero-order valence-electron chi connectivity index (χ0n) is 23.1. The summed E-state index contributed by atoms with van der Waals surface area (Å²) in [5.41, 5.74) is 9.24. The lowest BCUT2D eigenvalue weighted by molar-refractivity contribution is 0.482. The number of anilines is 1. The summed E-state index contributed by atoms with van der Waals surface area (Å²) in [4.78, 5) is 6.97. The van der Waals surface area contributed by atoms with Crippen molar-refractivity contribution in [1.82, 2.24) is 14.9 Å². The van der Waals surface area contributed by atoms with Crippen LogP contribution in [0.1, 0.15) is 45.9 Å². The molecule has 1 aliphatic heterocycles. The second-order valence-electron chi connectivity index (χ2n) is 10.3. The molecule has 5 aromatic rings. The van der Waals surface area contributed by atoms with E-state index in [0.29, 0.717) is 5.11 Å². The molecule has 2 atom stereocenters. The Bertz CT molecular complexity index is 1650. The van der Waals surface area contributed by atoms with E-state index in [9.17, 15) is 0 Å². The van der Waals surface area contributed by atoms with Gasteiger partial charge in [-0.15, -0.1) is 0 Å². The van der Waals surface area contributed by atoms with Gasteiger partial charge in [-0.25, -0.2) is 0 Å². The van der Waals surface area contributed by atoms with Crippen molar-refractivity contribution >= 4 is 23.0 Å². The number of benzene rings is 3. The Labute approximate surface area is 241 Å². The van der Waals surface area contributed by atoms with E-state index in [-0.39, 0.29) is 12.1 Å². The molecule has 0 unspecified atom stereocenters. The van der Waals surface area contributed by atoms with Crippen LogP contribution in [0.5, 0.6) is 11.5 Å². The number of para-hydroxylation sites is 1. The maximum Gasteiger partial charge on any atom is 0.174 e. The van der Waals surface area contributed by atoms with Gasteiger partial charge >= 0.3 is 0 Å². The first-order chi connectivity index (χ1) is 19.4. The predicted molar refractivity (Wildman–Crippen MR) is 166 cm³/mol. The third-order valence-electron chi connectivity index (χ3n) is 7.79. The smallest absolute Gasteiger partial charge is 0.174 e. The molecule has 1 aliphatic rings. The molecule has 0 aliphatic carbocycles. The molecule has 200 valence electrons. The molecule has 0 amide bonds. The van der Waals surface area contributed by atoms with Crippen molar-refractivity contribution in [3.8, 4) is 17.2 Å². The van der Waals surface area contributed by atoms with Gasteiger partial charge in [0.1, 0.15) is 11.5 Å². The van der Waals surface area contributed by atoms with Crippen LogP contribution in [0.2, 0.25) is 0 Å². The number of rotatable bonds is 6. The summed E-state index contributed by atoms with van der Waals surface area (Å²) < 4.78 is 8.45. The van der Waals surface area contributed by atoms with Crippen LogP contribution in [0.4, 0.5) is 5.69 Å². The number of aryl methyl sites for hydroxylation is 1. The highest BCUT2D eigenvalue weighted by atomic mass is 32.1. The van der Waals surface area contributed by atoms with Gasteiger partial charge in [-0.3, -0.25) is 4.98 Å². The van der Waals surface area contributed by atoms with Gasteiger partial charge in [0, 0.05) is 34.5 Å². The molecule has 3 heterocycles. The number of thiocarbonyl (C=S) groups is 1. The lowest BCUT2D eigenvalue weighted by atomic mass is 9.93. The van der Waals surface area contributed by atoms with Gasteiger partial charge < -0.3 is 19.5 Å². The highest BCUT2D eigenvalue weighted by Crippen LogP contribution is 2.45. The Morgan fingerprint density at radius 3 is 2.02 bits per heavy atom. The number of aromatic nitrogens is 2. The highest BCUT2D eigenvalue weighted by Gasteiger charge is 2.43. The van der Waals surface area contributed by atoms with E-state index in [4.69, 9.17) is 21.9 Å². The molecule has 2 aromatic heterocycles. The molecule has 6 rings (SSSR count). The fraction of sp³-hybridized carbons (Fsp3) is 0.176. The van der Waals surface area contributed by atoms with Crippen molar-refractivity contribution in [2.75, 3.05) is 4.90 Å². The largest absolute Gasteiger partial charge is 0.457 e. The summed E-state index contributed by atoms with van der Waals surface area (Å²) in [5.74, 6) is 1.59. The molecular weight excluding hydrogens is 512 g/mol. The standard InChI is InChI=1S/C34H32N4OS/c1-22-13-17-28(18-14-22)39-29-19-15-27(16-20-29)38-33(32(36-34(38)40)30-12-8-9-21-35-30)31-23(2)24(3)37(25(31)4)26-10-6-5-7-11-26/h5-21,32-33H,1-4H3,(H,36,40)/t32-,33+/m1/s1. The second-order valence-corrected chi connectivity index (χ2v) is 10.7. The zero-order valence-corrected chi connectivity index (χ0v) is 23.9. The monoisotopic (exact) mass is 544 g/mol. The minimum Gasteiger partial charge on any atom is -0.457 e. The fourth-order valence-corrected chi connectivity index (χ4v) is 6.10. The average Bonchev–Trinajstić information content (AvgIpc) is 3.42. The maximum atomic E-state index is 6.11. The Hall–Kier alpha value is -4.42. The van der Waals surface area contributed by atoms with Crippen LogP contribution >= 0.6 is 12.2 Å². The third-order valence-corrected chi connectivity index (χ3v) is 8.10. The highest BCUT2D eigenvalue weighted by molar-refractivity contribution is 7.80. The number of hydrogen-bond donors (Lipinski definition) is 1. The Kier molecular flexibility index (Phi) is 6.86. The van der Waals surface area contributed by atoms with Crippen LogP contribution in [-0.2, 0) is 0 Å². The summed E-state index contributed by atoms with van der Waals surface area (Å²) >= 11 is 6.00. The lowest BCUT2D eigenvalue weighted by Crippen LogP contribution is -2.29.